The van der Waals surface area contributed by atoms with Gasteiger partial charge in [0.05, 0.1) is 12.8 Å². The number of hydrogen-bond acceptors (Lipinski definition) is 7. The topological polar surface area (TPSA) is 119 Å². The molecular formula is C23H32N6O4. The number of aryl methyl sites for hydroxylation is 1. The summed E-state index contributed by atoms with van der Waals surface area (Å²) in [5.74, 6) is 1.72. The Balaban J connectivity index is 1.85. The summed E-state index contributed by atoms with van der Waals surface area (Å²) in [5, 5.41) is 15.2. The van der Waals surface area contributed by atoms with Crippen molar-refractivity contribution in [2.75, 3.05) is 0 Å². The van der Waals surface area contributed by atoms with Gasteiger partial charge in [0.1, 0.15) is 24.1 Å². The maximum Gasteiger partial charge on any atom is 0.247 e. The molecule has 2 amide bonds. The summed E-state index contributed by atoms with van der Waals surface area (Å²) in [5.41, 5.74) is -0.435. The van der Waals surface area contributed by atoms with Gasteiger partial charge in [-0.05, 0) is 69.5 Å². The molecule has 0 saturated carbocycles. The van der Waals surface area contributed by atoms with Gasteiger partial charge in [-0.2, -0.15) is 4.80 Å². The van der Waals surface area contributed by atoms with Crippen molar-refractivity contribution >= 4 is 11.8 Å². The zero-order valence-corrected chi connectivity index (χ0v) is 20.0. The Labute approximate surface area is 193 Å². The Morgan fingerprint density at radius 1 is 1.21 bits per heavy atom. The second-order valence-corrected chi connectivity index (χ2v) is 9.54. The quantitative estimate of drug-likeness (QED) is 0.525. The number of carbonyl (C=O) groups is 2. The fourth-order valence-corrected chi connectivity index (χ4v) is 3.39. The predicted molar refractivity (Wildman–Crippen MR) is 121 cm³/mol. The summed E-state index contributed by atoms with van der Waals surface area (Å²) in [6.45, 7) is 11.6. The highest BCUT2D eigenvalue weighted by Crippen LogP contribution is 2.19. The van der Waals surface area contributed by atoms with Crippen molar-refractivity contribution in [2.45, 2.75) is 72.6 Å². The van der Waals surface area contributed by atoms with Gasteiger partial charge in [0, 0.05) is 5.54 Å². The second-order valence-electron chi connectivity index (χ2n) is 9.54. The fourth-order valence-electron chi connectivity index (χ4n) is 3.39. The number of carbonyl (C=O) groups excluding carboxylic acids is 2. The third kappa shape index (κ3) is 6.77. The van der Waals surface area contributed by atoms with Gasteiger partial charge in [-0.25, -0.2) is 0 Å². The molecule has 0 radical (unpaired) electrons. The van der Waals surface area contributed by atoms with Crippen molar-refractivity contribution in [3.63, 3.8) is 0 Å². The number of nitrogens with zero attached hydrogens (tertiary/aromatic N) is 5. The monoisotopic (exact) mass is 456 g/mol. The van der Waals surface area contributed by atoms with Crippen LogP contribution >= 0.6 is 0 Å². The molecule has 10 heteroatoms. The van der Waals surface area contributed by atoms with Gasteiger partial charge in [-0.15, -0.1) is 10.2 Å². The lowest BCUT2D eigenvalue weighted by atomic mass is 9.99. The lowest BCUT2D eigenvalue weighted by Crippen LogP contribution is -2.54. The average Bonchev–Trinajstić information content (AvgIpc) is 3.45. The van der Waals surface area contributed by atoms with Gasteiger partial charge < -0.3 is 19.1 Å². The minimum atomic E-state index is -0.683. The van der Waals surface area contributed by atoms with Crippen molar-refractivity contribution in [1.82, 2.24) is 30.4 Å². The van der Waals surface area contributed by atoms with Crippen molar-refractivity contribution in [1.29, 1.82) is 0 Å². The molecule has 0 aromatic carbocycles. The Morgan fingerprint density at radius 3 is 2.55 bits per heavy atom. The van der Waals surface area contributed by atoms with Crippen LogP contribution in [-0.4, -0.2) is 48.5 Å². The van der Waals surface area contributed by atoms with Crippen LogP contribution in [0.5, 0.6) is 0 Å². The van der Waals surface area contributed by atoms with E-state index in [1.165, 1.54) is 9.70 Å². The number of tetrazole rings is 1. The first-order chi connectivity index (χ1) is 15.5. The van der Waals surface area contributed by atoms with Gasteiger partial charge in [0.25, 0.3) is 0 Å². The Hall–Kier alpha value is -3.43. The minimum Gasteiger partial charge on any atom is -0.467 e. The van der Waals surface area contributed by atoms with Crippen LogP contribution in [0.15, 0.2) is 39.4 Å². The minimum absolute atomic E-state index is 0.152. The van der Waals surface area contributed by atoms with Gasteiger partial charge in [-0.1, -0.05) is 13.8 Å². The van der Waals surface area contributed by atoms with E-state index < -0.39 is 11.6 Å². The Morgan fingerprint density at radius 2 is 1.97 bits per heavy atom. The predicted octanol–water partition coefficient (Wildman–Crippen LogP) is 3.19. The normalized spacial score (nSPS) is 12.7. The van der Waals surface area contributed by atoms with E-state index >= 15 is 0 Å². The molecule has 0 aliphatic heterocycles. The van der Waals surface area contributed by atoms with E-state index in [2.05, 4.69) is 20.7 Å². The van der Waals surface area contributed by atoms with E-state index in [1.807, 2.05) is 41.5 Å². The molecule has 0 aliphatic carbocycles. The number of hydrogen-bond donors (Lipinski definition) is 1. The highest BCUT2D eigenvalue weighted by Gasteiger charge is 2.33. The van der Waals surface area contributed by atoms with Crippen molar-refractivity contribution in [3.05, 3.63) is 42.0 Å². The first-order valence-corrected chi connectivity index (χ1v) is 11.0. The molecule has 178 valence electrons. The summed E-state index contributed by atoms with van der Waals surface area (Å²) in [6.07, 6.45) is 2.04. The Bertz CT molecular complexity index is 1060. The zero-order valence-electron chi connectivity index (χ0n) is 20.0. The highest BCUT2D eigenvalue weighted by atomic mass is 16.3. The number of furan rings is 2. The van der Waals surface area contributed by atoms with E-state index in [9.17, 15) is 9.59 Å². The summed E-state index contributed by atoms with van der Waals surface area (Å²) < 4.78 is 11.0. The summed E-state index contributed by atoms with van der Waals surface area (Å²) in [4.78, 5) is 29.4. The molecule has 3 rings (SSSR count). The lowest BCUT2D eigenvalue weighted by Gasteiger charge is -2.33. The smallest absolute Gasteiger partial charge is 0.247 e. The molecule has 33 heavy (non-hydrogen) atoms. The van der Waals surface area contributed by atoms with Crippen molar-refractivity contribution in [3.8, 4) is 11.6 Å². The molecule has 0 spiro atoms. The largest absolute Gasteiger partial charge is 0.467 e. The zero-order chi connectivity index (χ0) is 24.2. The third-order valence-corrected chi connectivity index (χ3v) is 4.79. The lowest BCUT2D eigenvalue weighted by molar-refractivity contribution is -0.143. The van der Waals surface area contributed by atoms with Crippen LogP contribution in [0.2, 0.25) is 0 Å². The summed E-state index contributed by atoms with van der Waals surface area (Å²) in [7, 11) is 0. The molecule has 3 heterocycles. The number of rotatable bonds is 9. The fraction of sp³-hybridized carbons (Fsp3) is 0.522. The molecular weight excluding hydrogens is 424 g/mol. The third-order valence-electron chi connectivity index (χ3n) is 4.79. The van der Waals surface area contributed by atoms with E-state index in [0.717, 1.165) is 5.76 Å². The second kappa shape index (κ2) is 10.0. The highest BCUT2D eigenvalue weighted by molar-refractivity contribution is 5.88. The van der Waals surface area contributed by atoms with Gasteiger partial charge in [0.2, 0.25) is 17.6 Å². The molecule has 10 nitrogen and oxygen atoms in total. The molecule has 1 N–H and O–H groups in total. The standard InChI is InChI=1S/C23H32N6O4/c1-15(2)12-18(22(31)24-23(4,5)6)28(13-17-8-7-11-32-17)20(30)14-29-26-21(25-27-29)19-10-9-16(3)33-19/h7-11,15,18H,12-14H2,1-6H3,(H,24,31)/t18-/m0/s1. The van der Waals surface area contributed by atoms with Gasteiger partial charge in [0.15, 0.2) is 5.76 Å². The van der Waals surface area contributed by atoms with Crippen molar-refractivity contribution in [2.24, 2.45) is 5.92 Å². The molecule has 0 fully saturated rings. The number of amides is 2. The van der Waals surface area contributed by atoms with Crippen LogP contribution in [0.1, 0.15) is 52.6 Å². The molecule has 0 saturated heterocycles. The summed E-state index contributed by atoms with van der Waals surface area (Å²) in [6, 6.07) is 6.40. The van der Waals surface area contributed by atoms with Gasteiger partial charge in [-0.3, -0.25) is 9.59 Å². The Kier molecular flexibility index (Phi) is 7.35. The molecule has 1 atom stereocenters. The maximum atomic E-state index is 13.4. The van der Waals surface area contributed by atoms with Crippen LogP contribution in [0, 0.1) is 12.8 Å². The first kappa shape index (κ1) is 24.2. The van der Waals surface area contributed by atoms with Crippen molar-refractivity contribution < 1.29 is 18.4 Å². The van der Waals surface area contributed by atoms with E-state index in [0.29, 0.717) is 17.9 Å². The van der Waals surface area contributed by atoms with E-state index in [-0.39, 0.29) is 36.6 Å². The average molecular weight is 457 g/mol. The molecule has 3 aromatic rings. The first-order valence-electron chi connectivity index (χ1n) is 11.0. The van der Waals surface area contributed by atoms with Crippen LogP contribution in [-0.2, 0) is 22.7 Å². The maximum absolute atomic E-state index is 13.4. The number of aromatic nitrogens is 4. The number of nitrogens with one attached hydrogen (secondary N) is 1. The summed E-state index contributed by atoms with van der Waals surface area (Å²) >= 11 is 0. The molecule has 0 bridgehead atoms. The SMILES string of the molecule is Cc1ccc(-c2nnn(CC(=O)N(Cc3ccco3)[C@@H](CC(C)C)C(=O)NC(C)(C)C)n2)o1. The van der Waals surface area contributed by atoms with E-state index in [1.54, 1.807) is 30.5 Å². The van der Waals surface area contributed by atoms with Crippen LogP contribution in [0.25, 0.3) is 11.6 Å². The van der Waals surface area contributed by atoms with Crippen LogP contribution < -0.4 is 5.32 Å². The van der Waals surface area contributed by atoms with Gasteiger partial charge >= 0.3 is 0 Å². The van der Waals surface area contributed by atoms with Crippen LogP contribution in [0.4, 0.5) is 0 Å². The molecule has 3 aromatic heterocycles. The molecule has 0 aliphatic rings. The van der Waals surface area contributed by atoms with E-state index in [4.69, 9.17) is 8.83 Å². The van der Waals surface area contributed by atoms with Crippen LogP contribution in [0.3, 0.4) is 0 Å². The molecule has 0 unspecified atom stereocenters.